The van der Waals surface area contributed by atoms with Crippen LogP contribution in [0.15, 0.2) is 35.4 Å². The van der Waals surface area contributed by atoms with E-state index in [2.05, 4.69) is 28.6 Å². The van der Waals surface area contributed by atoms with Gasteiger partial charge in [-0.15, -0.1) is 11.8 Å². The normalized spacial score (nSPS) is 16.1. The van der Waals surface area contributed by atoms with Crippen molar-refractivity contribution in [1.82, 2.24) is 9.78 Å². The summed E-state index contributed by atoms with van der Waals surface area (Å²) in [4.78, 5) is 24.1. The first-order valence-corrected chi connectivity index (χ1v) is 8.21. The first-order chi connectivity index (χ1) is 11.0. The molecule has 0 saturated carbocycles. The van der Waals surface area contributed by atoms with E-state index in [0.717, 1.165) is 4.90 Å². The summed E-state index contributed by atoms with van der Waals surface area (Å²) in [5, 5.41) is 15.5. The molecule has 120 valence electrons. The number of carbonyl (C=O) groups is 2. The predicted molar refractivity (Wildman–Crippen MR) is 87.6 cm³/mol. The van der Waals surface area contributed by atoms with Crippen LogP contribution in [-0.4, -0.2) is 32.0 Å². The highest BCUT2D eigenvalue weighted by Crippen LogP contribution is 2.37. The number of benzene rings is 1. The summed E-state index contributed by atoms with van der Waals surface area (Å²) in [6.45, 7) is 2.33. The molecule has 2 N–H and O–H groups in total. The number of amides is 1. The van der Waals surface area contributed by atoms with Crippen LogP contribution in [0.4, 0.5) is 5.82 Å². The van der Waals surface area contributed by atoms with Gasteiger partial charge in [-0.3, -0.25) is 14.3 Å². The third-order valence-corrected chi connectivity index (χ3v) is 4.95. The lowest BCUT2D eigenvalue weighted by Crippen LogP contribution is -2.25. The summed E-state index contributed by atoms with van der Waals surface area (Å²) < 4.78 is 1.52. The monoisotopic (exact) mass is 331 g/mol. The number of fused-ring (bicyclic) bond motifs is 1. The number of thioether (sulfide) groups is 1. The Balaban J connectivity index is 1.59. The third-order valence-electron chi connectivity index (χ3n) is 3.63. The number of nitrogens with one attached hydrogen (secondary N) is 1. The van der Waals surface area contributed by atoms with Crippen molar-refractivity contribution < 1.29 is 14.7 Å². The van der Waals surface area contributed by atoms with E-state index in [9.17, 15) is 9.59 Å². The number of nitrogens with zero attached hydrogens (tertiary/aromatic N) is 2. The number of aliphatic carboxylic acids is 1. The van der Waals surface area contributed by atoms with E-state index in [4.69, 9.17) is 5.11 Å². The van der Waals surface area contributed by atoms with Gasteiger partial charge in [0.15, 0.2) is 5.82 Å². The topological polar surface area (TPSA) is 84.2 Å². The van der Waals surface area contributed by atoms with Gasteiger partial charge in [0, 0.05) is 17.2 Å². The highest BCUT2D eigenvalue weighted by atomic mass is 32.2. The van der Waals surface area contributed by atoms with Crippen molar-refractivity contribution in [2.75, 3.05) is 5.32 Å². The molecule has 1 unspecified atom stereocenters. The molecular weight excluding hydrogens is 314 g/mol. The molecule has 6 nitrogen and oxygen atoms in total. The van der Waals surface area contributed by atoms with E-state index in [0.29, 0.717) is 12.2 Å². The number of hydrogen-bond acceptors (Lipinski definition) is 4. The molecule has 2 heterocycles. The zero-order valence-electron chi connectivity index (χ0n) is 12.7. The number of anilines is 1. The molecule has 0 bridgehead atoms. The van der Waals surface area contributed by atoms with E-state index in [1.807, 2.05) is 6.92 Å². The minimum absolute atomic E-state index is 0.00219. The van der Waals surface area contributed by atoms with Crippen LogP contribution < -0.4 is 5.32 Å². The van der Waals surface area contributed by atoms with E-state index in [1.54, 1.807) is 24.0 Å². The summed E-state index contributed by atoms with van der Waals surface area (Å²) in [5.41, 5.74) is 2.41. The predicted octanol–water partition coefficient (Wildman–Crippen LogP) is 2.32. The molecule has 3 rings (SSSR count). The van der Waals surface area contributed by atoms with Crippen molar-refractivity contribution in [3.05, 3.63) is 41.6 Å². The Morgan fingerprint density at radius 3 is 3.04 bits per heavy atom. The second-order valence-corrected chi connectivity index (χ2v) is 6.76. The lowest BCUT2D eigenvalue weighted by Gasteiger charge is -2.07. The van der Waals surface area contributed by atoms with Gasteiger partial charge in [-0.05, 0) is 25.0 Å². The van der Waals surface area contributed by atoms with Gasteiger partial charge in [0.2, 0.25) is 5.91 Å². The molecule has 23 heavy (non-hydrogen) atoms. The van der Waals surface area contributed by atoms with Gasteiger partial charge in [-0.1, -0.05) is 17.7 Å². The highest BCUT2D eigenvalue weighted by molar-refractivity contribution is 8.01. The average Bonchev–Trinajstić information content (AvgIpc) is 3.11. The molecule has 2 aromatic rings. The van der Waals surface area contributed by atoms with E-state index in [-0.39, 0.29) is 24.1 Å². The van der Waals surface area contributed by atoms with Crippen LogP contribution in [0, 0.1) is 6.92 Å². The molecule has 1 amide bonds. The fourth-order valence-corrected chi connectivity index (χ4v) is 3.67. The van der Waals surface area contributed by atoms with Gasteiger partial charge in [0.25, 0.3) is 0 Å². The van der Waals surface area contributed by atoms with Crippen LogP contribution in [0.1, 0.15) is 17.5 Å². The number of rotatable bonds is 5. The van der Waals surface area contributed by atoms with Crippen molar-refractivity contribution in [1.29, 1.82) is 0 Å². The number of carboxylic acid groups (broad SMARTS) is 1. The largest absolute Gasteiger partial charge is 0.481 e. The molecule has 0 spiro atoms. The fraction of sp³-hybridized carbons (Fsp3) is 0.312. The molecule has 0 radical (unpaired) electrons. The number of carboxylic acids is 1. The molecule has 1 aromatic carbocycles. The second kappa shape index (κ2) is 6.45. The maximum Gasteiger partial charge on any atom is 0.305 e. The van der Waals surface area contributed by atoms with Crippen molar-refractivity contribution in [3.8, 4) is 0 Å². The number of aryl methyl sites for hydroxylation is 2. The van der Waals surface area contributed by atoms with Gasteiger partial charge in [-0.2, -0.15) is 5.10 Å². The van der Waals surface area contributed by atoms with Crippen molar-refractivity contribution in [3.63, 3.8) is 0 Å². The Bertz CT molecular complexity index is 757. The molecule has 1 atom stereocenters. The summed E-state index contributed by atoms with van der Waals surface area (Å²) in [6.07, 6.45) is 2.38. The van der Waals surface area contributed by atoms with E-state index >= 15 is 0 Å². The van der Waals surface area contributed by atoms with Gasteiger partial charge in [-0.25, -0.2) is 0 Å². The smallest absolute Gasteiger partial charge is 0.305 e. The van der Waals surface area contributed by atoms with E-state index < -0.39 is 5.97 Å². The summed E-state index contributed by atoms with van der Waals surface area (Å²) in [7, 11) is 0. The molecule has 1 aliphatic heterocycles. The van der Waals surface area contributed by atoms with Crippen molar-refractivity contribution >= 4 is 29.5 Å². The zero-order valence-corrected chi connectivity index (χ0v) is 13.5. The van der Waals surface area contributed by atoms with Gasteiger partial charge >= 0.3 is 5.97 Å². The SMILES string of the molecule is Cc1ccc2c(c1)CC(C(=O)Nc1ccn(CCC(=O)O)n1)S2. The quantitative estimate of drug-likeness (QED) is 0.878. The van der Waals surface area contributed by atoms with Gasteiger partial charge in [0.05, 0.1) is 18.2 Å². The van der Waals surface area contributed by atoms with Crippen molar-refractivity contribution in [2.24, 2.45) is 0 Å². The third kappa shape index (κ3) is 3.73. The van der Waals surface area contributed by atoms with E-state index in [1.165, 1.54) is 15.8 Å². The van der Waals surface area contributed by atoms with Crippen LogP contribution in [0.2, 0.25) is 0 Å². The Hall–Kier alpha value is -2.28. The van der Waals surface area contributed by atoms with Gasteiger partial charge < -0.3 is 10.4 Å². The average molecular weight is 331 g/mol. The lowest BCUT2D eigenvalue weighted by molar-refractivity contribution is -0.137. The minimum Gasteiger partial charge on any atom is -0.481 e. The second-order valence-electron chi connectivity index (χ2n) is 5.52. The lowest BCUT2D eigenvalue weighted by atomic mass is 10.1. The fourth-order valence-electron chi connectivity index (χ4n) is 2.49. The van der Waals surface area contributed by atoms with Crippen molar-refractivity contribution in [2.45, 2.75) is 36.5 Å². The number of aromatic nitrogens is 2. The van der Waals surface area contributed by atoms with Gasteiger partial charge in [0.1, 0.15) is 0 Å². The molecule has 1 aliphatic rings. The Morgan fingerprint density at radius 2 is 2.26 bits per heavy atom. The standard InChI is InChI=1S/C16H17N3O3S/c1-10-2-3-12-11(8-10)9-13(23-12)16(22)17-14-4-6-19(18-14)7-5-15(20)21/h2-4,6,8,13H,5,7,9H2,1H3,(H,20,21)(H,17,18,22). The first kappa shape index (κ1) is 15.6. The molecule has 1 aromatic heterocycles. The highest BCUT2D eigenvalue weighted by Gasteiger charge is 2.28. The molecule has 0 aliphatic carbocycles. The summed E-state index contributed by atoms with van der Waals surface area (Å²) >= 11 is 1.57. The van der Waals surface area contributed by atoms with Crippen LogP contribution in [0.3, 0.4) is 0 Å². The Labute approximate surface area is 137 Å². The molecule has 0 fully saturated rings. The van der Waals surface area contributed by atoms with Crippen LogP contribution >= 0.6 is 11.8 Å². The number of hydrogen-bond donors (Lipinski definition) is 2. The van der Waals surface area contributed by atoms with Crippen LogP contribution in [-0.2, 0) is 22.6 Å². The summed E-state index contributed by atoms with van der Waals surface area (Å²) in [6, 6.07) is 7.91. The van der Waals surface area contributed by atoms with Crippen LogP contribution in [0.25, 0.3) is 0 Å². The number of carbonyl (C=O) groups excluding carboxylic acids is 1. The maximum absolute atomic E-state index is 12.4. The zero-order chi connectivity index (χ0) is 16.4. The first-order valence-electron chi connectivity index (χ1n) is 7.33. The minimum atomic E-state index is -0.874. The van der Waals surface area contributed by atoms with Crippen LogP contribution in [0.5, 0.6) is 0 Å². The Morgan fingerprint density at radius 1 is 1.43 bits per heavy atom. The Kier molecular flexibility index (Phi) is 4.38. The molecule has 7 heteroatoms. The summed E-state index contributed by atoms with van der Waals surface area (Å²) in [5.74, 6) is -0.498. The maximum atomic E-state index is 12.4. The molecular formula is C16H17N3O3S. The molecule has 0 saturated heterocycles.